The van der Waals surface area contributed by atoms with Crippen LogP contribution in [0.25, 0.3) is 0 Å². The Hall–Kier alpha value is -1.89. The second-order valence-corrected chi connectivity index (χ2v) is 7.15. The fourth-order valence-corrected chi connectivity index (χ4v) is 3.70. The van der Waals surface area contributed by atoms with E-state index in [0.29, 0.717) is 23.6 Å². The van der Waals surface area contributed by atoms with E-state index in [9.17, 15) is 13.8 Å². The summed E-state index contributed by atoms with van der Waals surface area (Å²) in [6.45, 7) is 3.78. The van der Waals surface area contributed by atoms with Crippen molar-refractivity contribution in [1.82, 2.24) is 4.90 Å². The first kappa shape index (κ1) is 16.5. The molecule has 1 fully saturated rings. The lowest BCUT2D eigenvalue weighted by Gasteiger charge is -2.37. The zero-order chi connectivity index (χ0) is 16.3. The van der Waals surface area contributed by atoms with Gasteiger partial charge in [0, 0.05) is 34.7 Å². The highest BCUT2D eigenvalue weighted by Crippen LogP contribution is 2.21. The highest BCUT2D eigenvalue weighted by Gasteiger charge is 2.33. The van der Waals surface area contributed by atoms with Crippen LogP contribution in [0.3, 0.4) is 0 Å². The number of rotatable bonds is 4. The van der Waals surface area contributed by atoms with E-state index in [-0.39, 0.29) is 17.2 Å². The molecule has 1 aromatic carbocycles. The molecule has 1 aliphatic heterocycles. The smallest absolute Gasteiger partial charge is 0.341 e. The number of amides is 1. The molecule has 1 heterocycles. The van der Waals surface area contributed by atoms with Gasteiger partial charge in [0.15, 0.2) is 6.61 Å². The number of hydrogen-bond acceptors (Lipinski definition) is 4. The van der Waals surface area contributed by atoms with Crippen LogP contribution in [-0.4, -0.2) is 56.3 Å². The molecule has 0 spiro atoms. The van der Waals surface area contributed by atoms with Crippen LogP contribution >= 0.6 is 0 Å². The monoisotopic (exact) mass is 325 g/mol. The molecule has 0 radical (unpaired) electrons. The van der Waals surface area contributed by atoms with Crippen LogP contribution < -0.4 is 4.74 Å². The highest BCUT2D eigenvalue weighted by atomic mass is 32.2. The van der Waals surface area contributed by atoms with Gasteiger partial charge in [-0.1, -0.05) is 6.07 Å². The Morgan fingerprint density at radius 3 is 2.82 bits per heavy atom. The standard InChI is InChI=1S/C15H19NO5S/c1-10-11(2)22(20)7-6-16(10)15(19)12-4-3-5-13(8-12)21-9-14(17)18/h3-5,8,10-11H,6-7,9H2,1-2H3,(H,17,18). The first-order valence-electron chi connectivity index (χ1n) is 7.03. The normalized spacial score (nSPS) is 24.8. The topological polar surface area (TPSA) is 83.9 Å². The van der Waals surface area contributed by atoms with Gasteiger partial charge >= 0.3 is 5.97 Å². The maximum absolute atomic E-state index is 12.6. The Morgan fingerprint density at radius 2 is 2.14 bits per heavy atom. The number of carbonyl (C=O) groups is 2. The summed E-state index contributed by atoms with van der Waals surface area (Å²) in [5, 5.41) is 8.55. The molecule has 22 heavy (non-hydrogen) atoms. The largest absolute Gasteiger partial charge is 0.482 e. The van der Waals surface area contributed by atoms with Crippen LogP contribution in [-0.2, 0) is 15.6 Å². The first-order valence-corrected chi connectivity index (χ1v) is 8.41. The van der Waals surface area contributed by atoms with Crippen molar-refractivity contribution in [2.45, 2.75) is 25.1 Å². The van der Waals surface area contributed by atoms with Crippen LogP contribution in [0, 0.1) is 0 Å². The molecular formula is C15H19NO5S. The molecule has 0 aromatic heterocycles. The first-order chi connectivity index (χ1) is 10.4. The Bertz CT molecular complexity index is 603. The summed E-state index contributed by atoms with van der Waals surface area (Å²) in [6, 6.07) is 6.36. The van der Waals surface area contributed by atoms with E-state index in [2.05, 4.69) is 0 Å². The van der Waals surface area contributed by atoms with E-state index < -0.39 is 23.4 Å². The molecule has 3 atom stereocenters. The van der Waals surface area contributed by atoms with Crippen LogP contribution in [0.1, 0.15) is 24.2 Å². The van der Waals surface area contributed by atoms with Gasteiger partial charge in [0.2, 0.25) is 0 Å². The number of hydrogen-bond donors (Lipinski definition) is 1. The predicted molar refractivity (Wildman–Crippen MR) is 82.5 cm³/mol. The Kier molecular flexibility index (Phi) is 5.18. The molecule has 0 saturated carbocycles. The number of carboxylic acids is 1. The number of aliphatic carboxylic acids is 1. The van der Waals surface area contributed by atoms with Crippen molar-refractivity contribution < 1.29 is 23.6 Å². The lowest BCUT2D eigenvalue weighted by molar-refractivity contribution is -0.139. The Balaban J connectivity index is 2.13. The van der Waals surface area contributed by atoms with Crippen LogP contribution in [0.15, 0.2) is 24.3 Å². The van der Waals surface area contributed by atoms with E-state index in [0.717, 1.165) is 0 Å². The molecule has 1 aromatic rings. The van der Waals surface area contributed by atoms with Gasteiger partial charge in [-0.15, -0.1) is 0 Å². The third-order valence-corrected chi connectivity index (χ3v) is 5.63. The molecule has 0 aliphatic carbocycles. The van der Waals surface area contributed by atoms with Crippen molar-refractivity contribution in [1.29, 1.82) is 0 Å². The number of benzene rings is 1. The van der Waals surface area contributed by atoms with E-state index in [1.807, 2.05) is 13.8 Å². The average Bonchev–Trinajstić information content (AvgIpc) is 2.50. The van der Waals surface area contributed by atoms with Crippen LogP contribution in [0.4, 0.5) is 0 Å². The minimum atomic E-state index is -1.07. The van der Waals surface area contributed by atoms with Crippen molar-refractivity contribution in [2.24, 2.45) is 0 Å². The highest BCUT2D eigenvalue weighted by molar-refractivity contribution is 7.85. The van der Waals surface area contributed by atoms with E-state index in [1.165, 1.54) is 6.07 Å². The molecule has 1 saturated heterocycles. The summed E-state index contributed by atoms with van der Waals surface area (Å²) in [5.74, 6) is -0.407. The molecule has 120 valence electrons. The summed E-state index contributed by atoms with van der Waals surface area (Å²) >= 11 is 0. The number of carboxylic acid groups (broad SMARTS) is 1. The molecule has 2 rings (SSSR count). The van der Waals surface area contributed by atoms with Gasteiger partial charge in [-0.2, -0.15) is 0 Å². The summed E-state index contributed by atoms with van der Waals surface area (Å²) in [5.41, 5.74) is 0.439. The SMILES string of the molecule is CC1C(C)S(=O)CCN1C(=O)c1cccc(OCC(=O)O)c1. The van der Waals surface area contributed by atoms with Crippen LogP contribution in [0.5, 0.6) is 5.75 Å². The zero-order valence-corrected chi connectivity index (χ0v) is 13.3. The summed E-state index contributed by atoms with van der Waals surface area (Å²) in [6.07, 6.45) is 0. The molecule has 1 N–H and O–H groups in total. The lowest BCUT2D eigenvalue weighted by Crippen LogP contribution is -2.52. The molecular weight excluding hydrogens is 306 g/mol. The van der Waals surface area contributed by atoms with Gasteiger partial charge in [0.05, 0.1) is 5.25 Å². The number of ether oxygens (including phenoxy) is 1. The Morgan fingerprint density at radius 1 is 1.41 bits per heavy atom. The fourth-order valence-electron chi connectivity index (χ4n) is 2.37. The zero-order valence-electron chi connectivity index (χ0n) is 12.5. The lowest BCUT2D eigenvalue weighted by atomic mass is 10.1. The van der Waals surface area contributed by atoms with E-state index in [1.54, 1.807) is 23.1 Å². The van der Waals surface area contributed by atoms with Crippen molar-refractivity contribution in [3.8, 4) is 5.75 Å². The third-order valence-electron chi connectivity index (χ3n) is 3.82. The minimum absolute atomic E-state index is 0.0656. The molecule has 1 amide bonds. The molecule has 6 nitrogen and oxygen atoms in total. The number of carbonyl (C=O) groups excluding carboxylic acids is 1. The third kappa shape index (κ3) is 3.65. The van der Waals surface area contributed by atoms with Gasteiger partial charge in [0.1, 0.15) is 5.75 Å². The minimum Gasteiger partial charge on any atom is -0.482 e. The average molecular weight is 325 g/mol. The molecule has 3 unspecified atom stereocenters. The van der Waals surface area contributed by atoms with Gasteiger partial charge in [-0.25, -0.2) is 4.79 Å². The maximum Gasteiger partial charge on any atom is 0.341 e. The quantitative estimate of drug-likeness (QED) is 0.897. The predicted octanol–water partition coefficient (Wildman–Crippen LogP) is 1.13. The number of nitrogens with zero attached hydrogens (tertiary/aromatic N) is 1. The van der Waals surface area contributed by atoms with Crippen molar-refractivity contribution in [3.63, 3.8) is 0 Å². The van der Waals surface area contributed by atoms with Gasteiger partial charge in [-0.05, 0) is 32.0 Å². The van der Waals surface area contributed by atoms with E-state index in [4.69, 9.17) is 9.84 Å². The van der Waals surface area contributed by atoms with E-state index >= 15 is 0 Å². The maximum atomic E-state index is 12.6. The van der Waals surface area contributed by atoms with Gasteiger partial charge in [0.25, 0.3) is 5.91 Å². The van der Waals surface area contributed by atoms with Crippen molar-refractivity contribution in [2.75, 3.05) is 18.9 Å². The Labute approximate surface area is 131 Å². The van der Waals surface area contributed by atoms with Crippen LogP contribution in [0.2, 0.25) is 0 Å². The molecule has 1 aliphatic rings. The second-order valence-electron chi connectivity index (χ2n) is 5.24. The van der Waals surface area contributed by atoms with Crippen molar-refractivity contribution in [3.05, 3.63) is 29.8 Å². The summed E-state index contributed by atoms with van der Waals surface area (Å²) in [4.78, 5) is 24.8. The summed E-state index contributed by atoms with van der Waals surface area (Å²) in [7, 11) is -0.905. The van der Waals surface area contributed by atoms with Crippen molar-refractivity contribution >= 4 is 22.7 Å². The fraction of sp³-hybridized carbons (Fsp3) is 0.467. The second kappa shape index (κ2) is 6.91. The van der Waals surface area contributed by atoms with Gasteiger partial charge in [-0.3, -0.25) is 9.00 Å². The molecule has 7 heteroatoms. The van der Waals surface area contributed by atoms with Gasteiger partial charge < -0.3 is 14.7 Å². The summed E-state index contributed by atoms with van der Waals surface area (Å²) < 4.78 is 16.9. The molecule has 0 bridgehead atoms.